The second kappa shape index (κ2) is 9.40. The zero-order chi connectivity index (χ0) is 23.9. The van der Waals surface area contributed by atoms with Crippen molar-refractivity contribution in [1.82, 2.24) is 49.0 Å². The van der Waals surface area contributed by atoms with E-state index in [0.717, 1.165) is 33.5 Å². The zero-order valence-electron chi connectivity index (χ0n) is 18.9. The van der Waals surface area contributed by atoms with Crippen molar-refractivity contribution >= 4 is 22.3 Å². The third-order valence-corrected chi connectivity index (χ3v) is 5.74. The van der Waals surface area contributed by atoms with Crippen LogP contribution in [0.5, 0.6) is 0 Å². The quantitative estimate of drug-likeness (QED) is 0.263. The van der Waals surface area contributed by atoms with Gasteiger partial charge in [-0.2, -0.15) is 0 Å². The van der Waals surface area contributed by atoms with Gasteiger partial charge in [-0.15, -0.1) is 0 Å². The number of hydrogen-bond donors (Lipinski definition) is 0. The second-order valence-corrected chi connectivity index (χ2v) is 7.87. The summed E-state index contributed by atoms with van der Waals surface area (Å²) in [5, 5.41) is 0. The van der Waals surface area contributed by atoms with Crippen molar-refractivity contribution in [3.8, 4) is 34.2 Å². The Kier molecular flexibility index (Phi) is 5.78. The molecule has 7 rings (SSSR count). The van der Waals surface area contributed by atoms with Gasteiger partial charge in [-0.25, -0.2) is 0 Å². The SMILES string of the molecule is [Pt+2].[c-]1nc2ncncc2n1-c1cccc(-c2ccccc2-c2cccc(-n3[c-]nc4ncncc43)n2)n1. The molecule has 0 aliphatic rings. The minimum absolute atomic E-state index is 0. The Bertz CT molecular complexity index is 1740. The largest absolute Gasteiger partial charge is 2.00 e. The van der Waals surface area contributed by atoms with Gasteiger partial charge in [-0.05, 0) is 23.2 Å². The second-order valence-electron chi connectivity index (χ2n) is 7.87. The molecule has 0 atom stereocenters. The topological polar surface area (TPSA) is 113 Å². The molecule has 10 nitrogen and oxygen atoms in total. The predicted molar refractivity (Wildman–Crippen MR) is 131 cm³/mol. The van der Waals surface area contributed by atoms with Crippen LogP contribution in [-0.2, 0) is 21.1 Å². The standard InChI is InChI=1S/C26H14N10.Pt/c1-2-6-18(20-8-4-10-24(34-20)36-16-32-26-22(36)12-28-14-30-26)17(5-1)19-7-3-9-23(33-19)35-15-31-25-21(35)11-27-13-29-25;/h1-14H;/q-2;+2. The first-order chi connectivity index (χ1) is 17.8. The Balaban J connectivity index is 0.00000252. The fourth-order valence-electron chi connectivity index (χ4n) is 4.10. The molecule has 0 bridgehead atoms. The van der Waals surface area contributed by atoms with Crippen LogP contribution in [0.1, 0.15) is 0 Å². The summed E-state index contributed by atoms with van der Waals surface area (Å²) >= 11 is 0. The van der Waals surface area contributed by atoms with E-state index in [2.05, 4.69) is 42.6 Å². The number of benzene rings is 1. The molecule has 0 saturated carbocycles. The molecule has 0 aliphatic heterocycles. The number of nitrogens with zero attached hydrogens (tertiary/aromatic N) is 10. The number of rotatable bonds is 4. The summed E-state index contributed by atoms with van der Waals surface area (Å²) in [4.78, 5) is 34.9. The van der Waals surface area contributed by atoms with Gasteiger partial charge in [0.25, 0.3) is 0 Å². The smallest absolute Gasteiger partial charge is 0.409 e. The van der Waals surface area contributed by atoms with Crippen molar-refractivity contribution < 1.29 is 21.1 Å². The first-order valence-corrected chi connectivity index (χ1v) is 11.0. The van der Waals surface area contributed by atoms with Crippen molar-refractivity contribution in [2.45, 2.75) is 0 Å². The number of aromatic nitrogens is 10. The summed E-state index contributed by atoms with van der Waals surface area (Å²) in [6, 6.07) is 19.7. The molecule has 0 N–H and O–H groups in total. The van der Waals surface area contributed by atoms with E-state index in [0.29, 0.717) is 22.9 Å². The van der Waals surface area contributed by atoms with Gasteiger partial charge in [0.1, 0.15) is 12.7 Å². The molecule has 0 amide bonds. The molecule has 0 spiro atoms. The third-order valence-electron chi connectivity index (χ3n) is 5.74. The maximum atomic E-state index is 4.91. The molecule has 0 fully saturated rings. The van der Waals surface area contributed by atoms with E-state index in [4.69, 9.17) is 9.97 Å². The van der Waals surface area contributed by atoms with Gasteiger partial charge in [-0.1, -0.05) is 48.5 Å². The Morgan fingerprint density at radius 2 is 1.05 bits per heavy atom. The summed E-state index contributed by atoms with van der Waals surface area (Å²) < 4.78 is 3.50. The normalized spacial score (nSPS) is 11.0. The van der Waals surface area contributed by atoms with E-state index in [9.17, 15) is 0 Å². The van der Waals surface area contributed by atoms with Gasteiger partial charge in [-0.3, -0.25) is 29.9 Å². The Hall–Kier alpha value is -4.69. The molecule has 6 aromatic heterocycles. The molecule has 6 heterocycles. The van der Waals surface area contributed by atoms with Crippen LogP contribution in [0.3, 0.4) is 0 Å². The van der Waals surface area contributed by atoms with Crippen LogP contribution in [-0.4, -0.2) is 49.0 Å². The number of pyridine rings is 2. The van der Waals surface area contributed by atoms with E-state index in [-0.39, 0.29) is 21.1 Å². The average molecular weight is 662 g/mol. The molecule has 178 valence electrons. The minimum atomic E-state index is 0. The van der Waals surface area contributed by atoms with Crippen molar-refractivity contribution in [2.24, 2.45) is 0 Å². The van der Waals surface area contributed by atoms with Gasteiger partial charge >= 0.3 is 21.1 Å². The molecule has 0 aliphatic carbocycles. The summed E-state index contributed by atoms with van der Waals surface area (Å²) in [5.74, 6) is 1.33. The van der Waals surface area contributed by atoms with Crippen LogP contribution in [0, 0.1) is 12.7 Å². The summed E-state index contributed by atoms with van der Waals surface area (Å²) in [6.45, 7) is 0. The summed E-state index contributed by atoms with van der Waals surface area (Å²) in [7, 11) is 0. The first kappa shape index (κ1) is 22.8. The average Bonchev–Trinajstić information content (AvgIpc) is 3.58. The van der Waals surface area contributed by atoms with Crippen molar-refractivity contribution in [3.05, 3.63) is 98.4 Å². The van der Waals surface area contributed by atoms with Crippen LogP contribution in [0.2, 0.25) is 0 Å². The summed E-state index contributed by atoms with van der Waals surface area (Å²) in [5.41, 5.74) is 6.04. The number of hydrogen-bond acceptors (Lipinski definition) is 8. The van der Waals surface area contributed by atoms with Crippen LogP contribution < -0.4 is 0 Å². The van der Waals surface area contributed by atoms with E-state index >= 15 is 0 Å². The van der Waals surface area contributed by atoms with Gasteiger partial charge in [0.05, 0.1) is 34.3 Å². The molecule has 0 radical (unpaired) electrons. The zero-order valence-corrected chi connectivity index (χ0v) is 21.1. The monoisotopic (exact) mass is 661 g/mol. The van der Waals surface area contributed by atoms with Crippen LogP contribution >= 0.6 is 0 Å². The van der Waals surface area contributed by atoms with Gasteiger partial charge in [0, 0.05) is 36.2 Å². The van der Waals surface area contributed by atoms with Crippen molar-refractivity contribution in [1.29, 1.82) is 0 Å². The number of imidazole rings is 2. The molecule has 0 saturated heterocycles. The Morgan fingerprint density at radius 1 is 0.568 bits per heavy atom. The molecule has 7 aromatic rings. The fourth-order valence-corrected chi connectivity index (χ4v) is 4.10. The fraction of sp³-hybridized carbons (Fsp3) is 0. The number of fused-ring (bicyclic) bond motifs is 2. The summed E-state index contributed by atoms with van der Waals surface area (Å²) in [6.07, 6.45) is 12.2. The van der Waals surface area contributed by atoms with Crippen LogP contribution in [0.4, 0.5) is 0 Å². The van der Waals surface area contributed by atoms with Gasteiger partial charge < -0.3 is 19.1 Å². The maximum absolute atomic E-state index is 4.91. The van der Waals surface area contributed by atoms with Crippen molar-refractivity contribution in [2.75, 3.05) is 0 Å². The van der Waals surface area contributed by atoms with Gasteiger partial charge in [0.2, 0.25) is 0 Å². The van der Waals surface area contributed by atoms with E-state index < -0.39 is 0 Å². The van der Waals surface area contributed by atoms with Crippen LogP contribution in [0.15, 0.2) is 85.7 Å². The van der Waals surface area contributed by atoms with E-state index in [1.807, 2.05) is 60.7 Å². The van der Waals surface area contributed by atoms with Crippen molar-refractivity contribution in [3.63, 3.8) is 0 Å². The molecular formula is C26H14N10Pt. The third kappa shape index (κ3) is 3.97. The first-order valence-electron chi connectivity index (χ1n) is 11.0. The van der Waals surface area contributed by atoms with E-state index in [1.165, 1.54) is 12.7 Å². The Morgan fingerprint density at radius 3 is 1.54 bits per heavy atom. The molecule has 0 unspecified atom stereocenters. The molecule has 11 heteroatoms. The molecular weight excluding hydrogens is 647 g/mol. The maximum Gasteiger partial charge on any atom is 2.00 e. The predicted octanol–water partition coefficient (Wildman–Crippen LogP) is 3.67. The minimum Gasteiger partial charge on any atom is -0.409 e. The van der Waals surface area contributed by atoms with Crippen LogP contribution in [0.25, 0.3) is 56.5 Å². The Labute approximate surface area is 224 Å². The van der Waals surface area contributed by atoms with Gasteiger partial charge in [0.15, 0.2) is 0 Å². The molecule has 1 aromatic carbocycles. The molecule has 37 heavy (non-hydrogen) atoms. The van der Waals surface area contributed by atoms with E-state index in [1.54, 1.807) is 21.5 Å².